The predicted molar refractivity (Wildman–Crippen MR) is 80.7 cm³/mol. The number of piperazine rings is 1. The van der Waals surface area contributed by atoms with Crippen molar-refractivity contribution in [2.75, 3.05) is 38.0 Å². The second kappa shape index (κ2) is 5.51. The van der Waals surface area contributed by atoms with Gasteiger partial charge in [0.15, 0.2) is 0 Å². The number of fused-ring (bicyclic) bond motifs is 1. The van der Waals surface area contributed by atoms with E-state index in [1.165, 1.54) is 43.9 Å². The quantitative estimate of drug-likeness (QED) is 0.877. The molecule has 1 unspecified atom stereocenters. The molecule has 0 spiro atoms. The van der Waals surface area contributed by atoms with Crippen LogP contribution >= 0.6 is 0 Å². The Kier molecular flexibility index (Phi) is 3.76. The molecule has 0 amide bonds. The molecule has 0 aliphatic carbocycles. The third-order valence-corrected chi connectivity index (χ3v) is 4.60. The third kappa shape index (κ3) is 2.77. The molecule has 1 fully saturated rings. The van der Waals surface area contributed by atoms with Gasteiger partial charge in [-0.2, -0.15) is 0 Å². The fourth-order valence-corrected chi connectivity index (χ4v) is 3.30. The first-order valence-electron chi connectivity index (χ1n) is 7.54. The Labute approximate surface area is 116 Å². The van der Waals surface area contributed by atoms with Gasteiger partial charge in [0.05, 0.1) is 0 Å². The van der Waals surface area contributed by atoms with Crippen LogP contribution in [0.2, 0.25) is 0 Å². The first-order valence-corrected chi connectivity index (χ1v) is 7.54. The van der Waals surface area contributed by atoms with Crippen molar-refractivity contribution in [3.05, 3.63) is 29.8 Å². The minimum Gasteiger partial charge on any atom is -0.383 e. The van der Waals surface area contributed by atoms with Crippen LogP contribution in [0.25, 0.3) is 0 Å². The zero-order chi connectivity index (χ0) is 13.2. The molecule has 1 saturated heterocycles. The lowest BCUT2D eigenvalue weighted by Gasteiger charge is -2.42. The summed E-state index contributed by atoms with van der Waals surface area (Å²) in [5.74, 6) is 0. The number of hydrogen-bond acceptors (Lipinski definition) is 3. The number of rotatable bonds is 2. The molecule has 0 bridgehead atoms. The first kappa shape index (κ1) is 12.9. The van der Waals surface area contributed by atoms with Crippen LogP contribution < -0.4 is 5.32 Å². The summed E-state index contributed by atoms with van der Waals surface area (Å²) in [5, 5.41) is 3.59. The highest BCUT2D eigenvalue weighted by Gasteiger charge is 2.27. The number of hydrogen-bond donors (Lipinski definition) is 1. The van der Waals surface area contributed by atoms with Gasteiger partial charge in [-0.3, -0.25) is 9.80 Å². The molecule has 19 heavy (non-hydrogen) atoms. The van der Waals surface area contributed by atoms with Crippen LogP contribution in [-0.2, 0) is 6.42 Å². The van der Waals surface area contributed by atoms with Gasteiger partial charge in [0.25, 0.3) is 0 Å². The molecule has 0 aromatic heterocycles. The van der Waals surface area contributed by atoms with Crippen molar-refractivity contribution >= 4 is 5.69 Å². The minimum atomic E-state index is 0.671. The Morgan fingerprint density at radius 3 is 2.58 bits per heavy atom. The smallest absolute Gasteiger partial charge is 0.0373 e. The molecule has 2 aliphatic heterocycles. The molecule has 3 rings (SSSR count). The number of anilines is 1. The van der Waals surface area contributed by atoms with Crippen LogP contribution in [0, 0.1) is 0 Å². The summed E-state index contributed by atoms with van der Waals surface area (Å²) < 4.78 is 0. The molecule has 2 aliphatic rings. The van der Waals surface area contributed by atoms with Gasteiger partial charge in [-0.05, 0) is 31.9 Å². The highest BCUT2D eigenvalue weighted by molar-refractivity contribution is 5.53. The molecule has 3 nitrogen and oxygen atoms in total. The van der Waals surface area contributed by atoms with Crippen LogP contribution in [0.4, 0.5) is 5.69 Å². The predicted octanol–water partition coefficient (Wildman–Crippen LogP) is 2.05. The maximum absolute atomic E-state index is 3.59. The van der Waals surface area contributed by atoms with Crippen LogP contribution in [-0.4, -0.2) is 54.6 Å². The van der Waals surface area contributed by atoms with Gasteiger partial charge >= 0.3 is 0 Å². The monoisotopic (exact) mass is 259 g/mol. The average Bonchev–Trinajstić information content (AvgIpc) is 2.47. The molecule has 104 valence electrons. The van der Waals surface area contributed by atoms with E-state index in [2.05, 4.69) is 53.2 Å². The molecule has 0 radical (unpaired) electrons. The lowest BCUT2D eigenvalue weighted by Crippen LogP contribution is -2.54. The second-order valence-corrected chi connectivity index (χ2v) is 6.06. The van der Waals surface area contributed by atoms with Crippen molar-refractivity contribution in [1.82, 2.24) is 9.80 Å². The zero-order valence-electron chi connectivity index (χ0n) is 12.1. The van der Waals surface area contributed by atoms with E-state index in [0.29, 0.717) is 12.1 Å². The van der Waals surface area contributed by atoms with E-state index in [4.69, 9.17) is 0 Å². The van der Waals surface area contributed by atoms with Crippen molar-refractivity contribution in [3.8, 4) is 0 Å². The number of benzene rings is 1. The molecule has 1 aromatic carbocycles. The second-order valence-electron chi connectivity index (χ2n) is 6.06. The first-order chi connectivity index (χ1) is 9.24. The van der Waals surface area contributed by atoms with E-state index >= 15 is 0 Å². The van der Waals surface area contributed by atoms with Gasteiger partial charge in [-0.25, -0.2) is 0 Å². The average molecular weight is 259 g/mol. The van der Waals surface area contributed by atoms with E-state index < -0.39 is 0 Å². The van der Waals surface area contributed by atoms with E-state index in [-0.39, 0.29) is 0 Å². The Bertz CT molecular complexity index is 422. The Balaban J connectivity index is 1.60. The lowest BCUT2D eigenvalue weighted by atomic mass is 9.98. The Morgan fingerprint density at radius 1 is 1.11 bits per heavy atom. The topological polar surface area (TPSA) is 18.5 Å². The summed E-state index contributed by atoms with van der Waals surface area (Å²) in [4.78, 5) is 5.25. The van der Waals surface area contributed by atoms with Crippen molar-refractivity contribution in [3.63, 3.8) is 0 Å². The van der Waals surface area contributed by atoms with Gasteiger partial charge in [-0.15, -0.1) is 0 Å². The molecular formula is C16H25N3. The maximum Gasteiger partial charge on any atom is 0.0373 e. The highest BCUT2D eigenvalue weighted by Crippen LogP contribution is 2.24. The van der Waals surface area contributed by atoms with Gasteiger partial charge in [0.1, 0.15) is 0 Å². The molecule has 1 atom stereocenters. The minimum absolute atomic E-state index is 0.671. The fourth-order valence-electron chi connectivity index (χ4n) is 3.30. The van der Waals surface area contributed by atoms with Crippen molar-refractivity contribution in [2.45, 2.75) is 32.4 Å². The zero-order valence-corrected chi connectivity index (χ0v) is 12.1. The maximum atomic E-state index is 3.59. The standard InChI is InChI=1S/C16H25N3/c1-13(2)18-7-9-19(10-8-18)15-11-14-5-3-4-6-16(14)17-12-15/h3-6,13,15,17H,7-12H2,1-2H3. The summed E-state index contributed by atoms with van der Waals surface area (Å²) in [6.07, 6.45) is 1.20. The van der Waals surface area contributed by atoms with E-state index in [1.54, 1.807) is 0 Å². The van der Waals surface area contributed by atoms with E-state index in [1.807, 2.05) is 0 Å². The Hall–Kier alpha value is -1.06. The number of para-hydroxylation sites is 1. The molecule has 3 heteroatoms. The highest BCUT2D eigenvalue weighted by atomic mass is 15.3. The molecular weight excluding hydrogens is 234 g/mol. The molecule has 0 saturated carbocycles. The van der Waals surface area contributed by atoms with Gasteiger partial charge in [-0.1, -0.05) is 18.2 Å². The van der Waals surface area contributed by atoms with Crippen molar-refractivity contribution in [1.29, 1.82) is 0 Å². The van der Waals surface area contributed by atoms with Crippen LogP contribution in [0.15, 0.2) is 24.3 Å². The van der Waals surface area contributed by atoms with Crippen LogP contribution in [0.5, 0.6) is 0 Å². The van der Waals surface area contributed by atoms with Gasteiger partial charge in [0, 0.05) is 50.5 Å². The SMILES string of the molecule is CC(C)N1CCN(C2CNc3ccccc3C2)CC1. The molecule has 2 heterocycles. The number of nitrogens with one attached hydrogen (secondary N) is 1. The van der Waals surface area contributed by atoms with E-state index in [0.717, 1.165) is 6.54 Å². The van der Waals surface area contributed by atoms with Crippen molar-refractivity contribution < 1.29 is 0 Å². The molecule has 1 aromatic rings. The molecule has 1 N–H and O–H groups in total. The number of nitrogens with zero attached hydrogens (tertiary/aromatic N) is 2. The fraction of sp³-hybridized carbons (Fsp3) is 0.625. The normalized spacial score (nSPS) is 25.1. The largest absolute Gasteiger partial charge is 0.383 e. The Morgan fingerprint density at radius 2 is 1.84 bits per heavy atom. The summed E-state index contributed by atoms with van der Waals surface area (Å²) in [6.45, 7) is 10.6. The van der Waals surface area contributed by atoms with Gasteiger partial charge in [0.2, 0.25) is 0 Å². The summed E-state index contributed by atoms with van der Waals surface area (Å²) >= 11 is 0. The van der Waals surface area contributed by atoms with Gasteiger partial charge < -0.3 is 5.32 Å². The summed E-state index contributed by atoms with van der Waals surface area (Å²) in [5.41, 5.74) is 2.81. The van der Waals surface area contributed by atoms with E-state index in [9.17, 15) is 0 Å². The summed E-state index contributed by atoms with van der Waals surface area (Å²) in [6, 6.07) is 10.1. The van der Waals surface area contributed by atoms with Crippen LogP contribution in [0.3, 0.4) is 0 Å². The summed E-state index contributed by atoms with van der Waals surface area (Å²) in [7, 11) is 0. The van der Waals surface area contributed by atoms with Crippen LogP contribution in [0.1, 0.15) is 19.4 Å². The lowest BCUT2D eigenvalue weighted by molar-refractivity contribution is 0.0807. The third-order valence-electron chi connectivity index (χ3n) is 4.60. The van der Waals surface area contributed by atoms with Crippen molar-refractivity contribution in [2.24, 2.45) is 0 Å².